The van der Waals surface area contributed by atoms with Crippen LogP contribution in [0.25, 0.3) is 21.9 Å². The van der Waals surface area contributed by atoms with Crippen LogP contribution in [0.1, 0.15) is 57.5 Å². The van der Waals surface area contributed by atoms with Gasteiger partial charge in [0.25, 0.3) is 0 Å². The van der Waals surface area contributed by atoms with Crippen LogP contribution in [0.3, 0.4) is 0 Å². The Bertz CT molecular complexity index is 1330. The fourth-order valence-corrected chi connectivity index (χ4v) is 6.96. The van der Waals surface area contributed by atoms with Crippen LogP contribution >= 0.6 is 11.3 Å². The molecular formula is C26H26AsNO2S. The third-order valence-corrected chi connectivity index (χ3v) is 9.30. The van der Waals surface area contributed by atoms with Gasteiger partial charge >= 0.3 is 194 Å². The van der Waals surface area contributed by atoms with E-state index in [-0.39, 0.29) is 26.1 Å². The van der Waals surface area contributed by atoms with Crippen molar-refractivity contribution in [1.82, 2.24) is 4.98 Å². The summed E-state index contributed by atoms with van der Waals surface area (Å²) in [7, 11) is 0. The summed E-state index contributed by atoms with van der Waals surface area (Å²) in [5, 5.41) is 0. The molecule has 0 N–H and O–H groups in total. The maximum absolute atomic E-state index is 6.24. The van der Waals surface area contributed by atoms with E-state index in [1.165, 1.54) is 20.4 Å². The van der Waals surface area contributed by atoms with Gasteiger partial charge in [-0.05, 0) is 0 Å². The topological polar surface area (TPSA) is 35.3 Å². The van der Waals surface area contributed by atoms with Crippen LogP contribution < -0.4 is 9.09 Å². The molecule has 158 valence electrons. The number of fused-ring (bicyclic) bond motifs is 2. The Balaban J connectivity index is 1.45. The van der Waals surface area contributed by atoms with Crippen molar-refractivity contribution in [2.75, 3.05) is 0 Å². The first-order valence-corrected chi connectivity index (χ1v) is 13.2. The van der Waals surface area contributed by atoms with Gasteiger partial charge in [-0.2, -0.15) is 0 Å². The Labute approximate surface area is 193 Å². The molecule has 0 aliphatic carbocycles. The minimum atomic E-state index is -0.158. The Hall–Kier alpha value is -2.16. The van der Waals surface area contributed by atoms with E-state index in [1.54, 1.807) is 11.3 Å². The van der Waals surface area contributed by atoms with Crippen molar-refractivity contribution in [2.45, 2.75) is 52.4 Å². The van der Waals surface area contributed by atoms with Crippen molar-refractivity contribution in [2.24, 2.45) is 0 Å². The number of hydrogen-bond acceptors (Lipinski definition) is 4. The Morgan fingerprint density at radius 2 is 1.48 bits per heavy atom. The van der Waals surface area contributed by atoms with Gasteiger partial charge in [-0.15, -0.1) is 0 Å². The van der Waals surface area contributed by atoms with E-state index in [0.717, 1.165) is 26.2 Å². The van der Waals surface area contributed by atoms with E-state index in [1.807, 2.05) is 6.07 Å². The van der Waals surface area contributed by atoms with Crippen molar-refractivity contribution in [3.05, 3.63) is 64.5 Å². The number of oxazole rings is 1. The van der Waals surface area contributed by atoms with Gasteiger partial charge in [0, 0.05) is 0 Å². The fraction of sp³-hybridized carbons (Fsp3) is 0.308. The number of benzene rings is 2. The van der Waals surface area contributed by atoms with Gasteiger partial charge in [0.2, 0.25) is 0 Å². The van der Waals surface area contributed by atoms with E-state index in [4.69, 9.17) is 14.1 Å². The first kappa shape index (κ1) is 20.7. The number of thiophene rings is 1. The molecule has 4 aromatic rings. The number of rotatable bonds is 2. The maximum atomic E-state index is 6.24. The van der Waals surface area contributed by atoms with Crippen molar-refractivity contribution < 1.29 is 9.15 Å². The van der Waals surface area contributed by atoms with E-state index in [0.29, 0.717) is 5.89 Å². The molecule has 0 amide bonds. The molecular weight excluding hydrogens is 465 g/mol. The van der Waals surface area contributed by atoms with Gasteiger partial charge in [-0.25, -0.2) is 0 Å². The second kappa shape index (κ2) is 7.18. The molecule has 5 rings (SSSR count). The number of nitrogens with zero attached hydrogens (tertiary/aromatic N) is 1. The second-order valence-electron chi connectivity index (χ2n) is 10.1. The molecule has 3 nitrogen and oxygen atoms in total. The predicted molar refractivity (Wildman–Crippen MR) is 131 cm³/mol. The van der Waals surface area contributed by atoms with Crippen molar-refractivity contribution in [1.29, 1.82) is 0 Å². The first-order chi connectivity index (χ1) is 14.6. The van der Waals surface area contributed by atoms with Gasteiger partial charge in [-0.3, -0.25) is 0 Å². The summed E-state index contributed by atoms with van der Waals surface area (Å²) in [4.78, 5) is 6.98. The Kier molecular flexibility index (Phi) is 4.80. The molecule has 0 spiro atoms. The summed E-state index contributed by atoms with van der Waals surface area (Å²) in [5.74, 6) is 1.69. The standard InChI is InChI=1S/C26H26AsNO2S/c1-25(2,3)15-7-9-19-17(13-15)27-23(29-19)21-11-12-22(31-21)24-28-18-14-16(26(4,5)6)8-10-20(18)30-24/h7-14H,1-6H3. The number of ether oxygens (including phenoxy) is 1. The van der Waals surface area contributed by atoms with Crippen LogP contribution in [0.4, 0.5) is 0 Å². The van der Waals surface area contributed by atoms with Crippen LogP contribution in [0, 0.1) is 0 Å². The molecule has 2 aromatic carbocycles. The molecule has 1 aliphatic heterocycles. The second-order valence-corrected chi connectivity index (χ2v) is 13.5. The van der Waals surface area contributed by atoms with Crippen LogP contribution in [0.2, 0.25) is 0 Å². The third-order valence-electron chi connectivity index (χ3n) is 5.53. The van der Waals surface area contributed by atoms with E-state index in [9.17, 15) is 0 Å². The molecule has 2 aromatic heterocycles. The summed E-state index contributed by atoms with van der Waals surface area (Å²) in [6.45, 7) is 13.4. The third kappa shape index (κ3) is 3.92. The normalized spacial score (nSPS) is 14.5. The summed E-state index contributed by atoms with van der Waals surface area (Å²) in [6, 6.07) is 17.2. The first-order valence-electron chi connectivity index (χ1n) is 10.5. The molecule has 0 saturated carbocycles. The van der Waals surface area contributed by atoms with Gasteiger partial charge in [-0.1, -0.05) is 0 Å². The monoisotopic (exact) mass is 491 g/mol. The molecule has 0 bridgehead atoms. The van der Waals surface area contributed by atoms with E-state index >= 15 is 0 Å². The zero-order chi connectivity index (χ0) is 22.0. The SMILES string of the molecule is CC(C)(C)c1ccc2c(c1)[As]=C(c1ccc(-c3nc4cc(C(C)(C)C)ccc4o3)s1)O2. The molecule has 0 radical (unpaired) electrons. The zero-order valence-electron chi connectivity index (χ0n) is 18.7. The van der Waals surface area contributed by atoms with Crippen molar-refractivity contribution in [3.8, 4) is 16.5 Å². The number of aromatic nitrogens is 1. The Morgan fingerprint density at radius 1 is 0.806 bits per heavy atom. The summed E-state index contributed by atoms with van der Waals surface area (Å²) >= 11 is 1.54. The van der Waals surface area contributed by atoms with Crippen LogP contribution in [0.5, 0.6) is 5.75 Å². The van der Waals surface area contributed by atoms with Gasteiger partial charge in [0.1, 0.15) is 0 Å². The summed E-state index contributed by atoms with van der Waals surface area (Å²) < 4.78 is 14.8. The molecule has 31 heavy (non-hydrogen) atoms. The van der Waals surface area contributed by atoms with E-state index in [2.05, 4.69) is 84.0 Å². The molecule has 0 saturated heterocycles. The Morgan fingerprint density at radius 3 is 2.23 bits per heavy atom. The van der Waals surface area contributed by atoms with Gasteiger partial charge in [0.05, 0.1) is 0 Å². The molecule has 3 heterocycles. The fourth-order valence-electron chi connectivity index (χ4n) is 3.57. The average Bonchev–Trinajstić information content (AvgIpc) is 3.41. The number of hydrogen-bond donors (Lipinski definition) is 0. The van der Waals surface area contributed by atoms with Crippen LogP contribution in [-0.4, -0.2) is 24.8 Å². The van der Waals surface area contributed by atoms with Crippen molar-refractivity contribution in [3.63, 3.8) is 0 Å². The van der Waals surface area contributed by atoms with E-state index < -0.39 is 0 Å². The van der Waals surface area contributed by atoms with Crippen LogP contribution in [-0.2, 0) is 10.8 Å². The molecule has 1 aliphatic rings. The van der Waals surface area contributed by atoms with Gasteiger partial charge < -0.3 is 0 Å². The zero-order valence-corrected chi connectivity index (χ0v) is 21.4. The minimum absolute atomic E-state index is 0.0881. The molecule has 0 unspecified atom stereocenters. The molecule has 0 fully saturated rings. The molecule has 0 atom stereocenters. The van der Waals surface area contributed by atoms with Gasteiger partial charge in [0.15, 0.2) is 0 Å². The molecule has 5 heteroatoms. The quantitative estimate of drug-likeness (QED) is 0.320. The van der Waals surface area contributed by atoms with Crippen LogP contribution in [0.15, 0.2) is 52.9 Å². The predicted octanol–water partition coefficient (Wildman–Crippen LogP) is 6.05. The van der Waals surface area contributed by atoms with Crippen molar-refractivity contribution >= 4 is 46.6 Å². The summed E-state index contributed by atoms with van der Waals surface area (Å²) in [5.41, 5.74) is 4.60. The summed E-state index contributed by atoms with van der Waals surface area (Å²) in [6.07, 6.45) is 0. The average molecular weight is 491 g/mol.